The summed E-state index contributed by atoms with van der Waals surface area (Å²) in [7, 11) is 0. The Bertz CT molecular complexity index is 1030. The zero-order valence-corrected chi connectivity index (χ0v) is 19.9. The van der Waals surface area contributed by atoms with Crippen molar-refractivity contribution in [1.29, 1.82) is 0 Å². The van der Waals surface area contributed by atoms with Crippen LogP contribution in [0.4, 0.5) is 4.79 Å². The summed E-state index contributed by atoms with van der Waals surface area (Å²) in [4.78, 5) is 36.2. The largest absolute Gasteiger partial charge is 0.481 e. The van der Waals surface area contributed by atoms with E-state index in [2.05, 4.69) is 34.9 Å². The molecule has 1 fully saturated rings. The maximum Gasteiger partial charge on any atom is 0.407 e. The van der Waals surface area contributed by atoms with Gasteiger partial charge in [0.15, 0.2) is 0 Å². The highest BCUT2D eigenvalue weighted by Crippen LogP contribution is 2.44. The van der Waals surface area contributed by atoms with Crippen LogP contribution in [0.3, 0.4) is 0 Å². The van der Waals surface area contributed by atoms with E-state index in [0.717, 1.165) is 28.7 Å². The molecule has 0 aromatic heterocycles. The minimum absolute atomic E-state index is 0.0241. The molecule has 2 aromatic carbocycles. The Morgan fingerprint density at radius 1 is 1.06 bits per heavy atom. The summed E-state index contributed by atoms with van der Waals surface area (Å²) in [6.45, 7) is 2.78. The summed E-state index contributed by atoms with van der Waals surface area (Å²) in [5.74, 6) is -2.03. The molecule has 0 spiro atoms. The fraction of sp³-hybridized carbons (Fsp3) is 0.444. The van der Waals surface area contributed by atoms with E-state index < -0.39 is 23.9 Å². The molecule has 8 nitrogen and oxygen atoms in total. The normalized spacial score (nSPS) is 19.5. The van der Waals surface area contributed by atoms with Crippen LogP contribution in [0.5, 0.6) is 0 Å². The molecule has 3 N–H and O–H groups in total. The number of carbonyl (C=O) groups excluding carboxylic acids is 2. The van der Waals surface area contributed by atoms with Crippen LogP contribution in [0, 0.1) is 11.8 Å². The van der Waals surface area contributed by atoms with Crippen LogP contribution in [0.2, 0.25) is 0 Å². The molecule has 0 radical (unpaired) electrons. The third-order valence-electron chi connectivity index (χ3n) is 6.78. The highest BCUT2D eigenvalue weighted by atomic mass is 16.5. The summed E-state index contributed by atoms with van der Waals surface area (Å²) in [6, 6.07) is 16.3. The number of carbonyl (C=O) groups is 3. The van der Waals surface area contributed by atoms with Gasteiger partial charge in [-0.2, -0.15) is 0 Å². The minimum atomic E-state index is -0.880. The lowest BCUT2D eigenvalue weighted by atomic mass is 9.98. The fourth-order valence-electron chi connectivity index (χ4n) is 4.91. The molecule has 2 aliphatic rings. The Balaban J connectivity index is 1.26. The highest BCUT2D eigenvalue weighted by molar-refractivity contribution is 5.80. The molecule has 0 saturated carbocycles. The quantitative estimate of drug-likeness (QED) is 0.479. The lowest BCUT2D eigenvalue weighted by Crippen LogP contribution is -2.41. The van der Waals surface area contributed by atoms with Crippen LogP contribution in [0.25, 0.3) is 11.1 Å². The van der Waals surface area contributed by atoms with Gasteiger partial charge in [0.2, 0.25) is 5.91 Å². The van der Waals surface area contributed by atoms with Gasteiger partial charge in [0.1, 0.15) is 6.61 Å². The van der Waals surface area contributed by atoms with E-state index >= 15 is 0 Å². The number of carboxylic acid groups (broad SMARTS) is 1. The number of hydrogen-bond donors (Lipinski definition) is 3. The number of carboxylic acids is 1. The lowest BCUT2D eigenvalue weighted by Gasteiger charge is -2.19. The van der Waals surface area contributed by atoms with Gasteiger partial charge < -0.3 is 25.2 Å². The molecule has 8 heteroatoms. The molecule has 1 heterocycles. The predicted octanol–water partition coefficient (Wildman–Crippen LogP) is 3.55. The van der Waals surface area contributed by atoms with E-state index in [1.54, 1.807) is 0 Å². The molecule has 1 unspecified atom stereocenters. The van der Waals surface area contributed by atoms with Crippen molar-refractivity contribution in [3.05, 3.63) is 59.7 Å². The maximum absolute atomic E-state index is 12.7. The summed E-state index contributed by atoms with van der Waals surface area (Å²) in [5.41, 5.74) is 4.61. The average molecular weight is 481 g/mol. The fourth-order valence-corrected chi connectivity index (χ4v) is 4.91. The molecule has 1 aliphatic heterocycles. The number of fused-ring (bicyclic) bond motifs is 3. The topological polar surface area (TPSA) is 114 Å². The molecule has 4 rings (SSSR count). The second-order valence-electron chi connectivity index (χ2n) is 9.16. The van der Waals surface area contributed by atoms with Gasteiger partial charge in [-0.05, 0) is 35.1 Å². The van der Waals surface area contributed by atoms with Gasteiger partial charge in [0.05, 0.1) is 24.5 Å². The van der Waals surface area contributed by atoms with Gasteiger partial charge in [0, 0.05) is 19.0 Å². The van der Waals surface area contributed by atoms with Gasteiger partial charge in [0.25, 0.3) is 0 Å². The molecule has 2 amide bonds. The molecule has 1 saturated heterocycles. The first-order valence-electron chi connectivity index (χ1n) is 12.2. The average Bonchev–Trinajstić information content (AvgIpc) is 3.47. The first kappa shape index (κ1) is 24.7. The van der Waals surface area contributed by atoms with Crippen LogP contribution in [0.1, 0.15) is 43.2 Å². The Kier molecular flexibility index (Phi) is 8.02. The van der Waals surface area contributed by atoms with Gasteiger partial charge in [-0.15, -0.1) is 0 Å². The standard InChI is InChI=1S/C27H32N2O6/c1-2-7-17(25(30)28-14-19-12-18(15-34-19)26(31)32)13-29-27(33)35-16-24-22-10-5-3-8-20(22)21-9-4-6-11-23(21)24/h3-6,8-11,17-19,24H,2,7,12-16H2,1H3,(H,28,30)(H,29,33)(H,31,32)/t17?,18-,19-/m1/s1. The SMILES string of the molecule is CCCC(CNC(=O)OCC1c2ccccc2-c2ccccc21)C(=O)NC[C@H]1C[C@@H](C(=O)O)CO1. The monoisotopic (exact) mass is 480 g/mol. The van der Waals surface area contributed by atoms with Gasteiger partial charge in [-0.3, -0.25) is 9.59 Å². The number of amides is 2. The van der Waals surface area contributed by atoms with Crippen molar-refractivity contribution < 1.29 is 29.0 Å². The molecular weight excluding hydrogens is 448 g/mol. The number of benzene rings is 2. The van der Waals surface area contributed by atoms with E-state index in [4.69, 9.17) is 14.6 Å². The molecule has 0 bridgehead atoms. The summed E-state index contributed by atoms with van der Waals surface area (Å²) in [5, 5.41) is 14.7. The predicted molar refractivity (Wildman–Crippen MR) is 130 cm³/mol. The Morgan fingerprint density at radius 2 is 1.71 bits per heavy atom. The number of rotatable bonds is 10. The van der Waals surface area contributed by atoms with Crippen molar-refractivity contribution in [2.24, 2.45) is 11.8 Å². The second kappa shape index (κ2) is 11.4. The van der Waals surface area contributed by atoms with Crippen molar-refractivity contribution in [2.45, 2.75) is 38.2 Å². The van der Waals surface area contributed by atoms with Gasteiger partial charge in [-0.25, -0.2) is 4.79 Å². The third kappa shape index (κ3) is 5.82. The van der Waals surface area contributed by atoms with Crippen LogP contribution >= 0.6 is 0 Å². The smallest absolute Gasteiger partial charge is 0.407 e. The Morgan fingerprint density at radius 3 is 2.31 bits per heavy atom. The minimum Gasteiger partial charge on any atom is -0.481 e. The molecule has 1 aliphatic carbocycles. The maximum atomic E-state index is 12.7. The zero-order valence-electron chi connectivity index (χ0n) is 19.9. The number of hydrogen-bond acceptors (Lipinski definition) is 5. The van der Waals surface area contributed by atoms with Crippen LogP contribution in [-0.4, -0.2) is 55.5 Å². The zero-order chi connectivity index (χ0) is 24.8. The second-order valence-corrected chi connectivity index (χ2v) is 9.16. The van der Waals surface area contributed by atoms with E-state index in [1.165, 1.54) is 0 Å². The molecule has 35 heavy (non-hydrogen) atoms. The number of aliphatic carboxylic acids is 1. The summed E-state index contributed by atoms with van der Waals surface area (Å²) >= 11 is 0. The molecule has 186 valence electrons. The first-order valence-corrected chi connectivity index (χ1v) is 12.2. The van der Waals surface area contributed by atoms with Crippen LogP contribution in [-0.2, 0) is 19.1 Å². The lowest BCUT2D eigenvalue weighted by molar-refractivity contribution is -0.141. The number of ether oxygens (including phenoxy) is 2. The highest BCUT2D eigenvalue weighted by Gasteiger charge is 2.32. The number of nitrogens with one attached hydrogen (secondary N) is 2. The van der Waals surface area contributed by atoms with Crippen LogP contribution < -0.4 is 10.6 Å². The molecule has 3 atom stereocenters. The van der Waals surface area contributed by atoms with Crippen molar-refractivity contribution in [3.63, 3.8) is 0 Å². The summed E-state index contributed by atoms with van der Waals surface area (Å²) in [6.07, 6.45) is 0.914. The van der Waals surface area contributed by atoms with Crippen molar-refractivity contribution in [3.8, 4) is 11.1 Å². The van der Waals surface area contributed by atoms with Gasteiger partial charge >= 0.3 is 12.1 Å². The summed E-state index contributed by atoms with van der Waals surface area (Å²) < 4.78 is 11.0. The first-order chi connectivity index (χ1) is 17.0. The van der Waals surface area contributed by atoms with Gasteiger partial charge in [-0.1, -0.05) is 61.9 Å². The number of alkyl carbamates (subject to hydrolysis) is 1. The van der Waals surface area contributed by atoms with E-state index in [0.29, 0.717) is 12.8 Å². The molecular formula is C27H32N2O6. The Labute approximate surface area is 205 Å². The van der Waals surface area contributed by atoms with E-state index in [-0.39, 0.29) is 44.2 Å². The van der Waals surface area contributed by atoms with Crippen LogP contribution in [0.15, 0.2) is 48.5 Å². The molecule has 2 aromatic rings. The van der Waals surface area contributed by atoms with Crippen molar-refractivity contribution in [1.82, 2.24) is 10.6 Å². The van der Waals surface area contributed by atoms with E-state index in [1.807, 2.05) is 31.2 Å². The van der Waals surface area contributed by atoms with Crippen molar-refractivity contribution >= 4 is 18.0 Å². The van der Waals surface area contributed by atoms with E-state index in [9.17, 15) is 14.4 Å². The third-order valence-corrected chi connectivity index (χ3v) is 6.78. The van der Waals surface area contributed by atoms with Crippen molar-refractivity contribution in [2.75, 3.05) is 26.3 Å². The Hall–Kier alpha value is -3.39.